The first-order valence-corrected chi connectivity index (χ1v) is 8.73. The number of nitrogens with zero attached hydrogens (tertiary/aromatic N) is 2. The second-order valence-electron chi connectivity index (χ2n) is 5.68. The van der Waals surface area contributed by atoms with Gasteiger partial charge in [0.05, 0.1) is 0 Å². The molecule has 0 saturated heterocycles. The van der Waals surface area contributed by atoms with E-state index in [9.17, 15) is 13.2 Å². The molecule has 7 nitrogen and oxygen atoms in total. The molecule has 1 aliphatic carbocycles. The van der Waals surface area contributed by atoms with Gasteiger partial charge in [-0.25, -0.2) is 0 Å². The Hall–Kier alpha value is -1.51. The molecule has 1 heterocycles. The summed E-state index contributed by atoms with van der Waals surface area (Å²) in [5, 5.41) is 2.96. The minimum atomic E-state index is -3.44. The van der Waals surface area contributed by atoms with Crippen LogP contribution in [0.4, 0.5) is 0 Å². The lowest BCUT2D eigenvalue weighted by atomic mass is 9.91. The summed E-state index contributed by atoms with van der Waals surface area (Å²) in [5.41, 5.74) is 0.561. The van der Waals surface area contributed by atoms with Gasteiger partial charge in [-0.2, -0.15) is 17.4 Å². The molecule has 0 aromatic carbocycles. The fourth-order valence-electron chi connectivity index (χ4n) is 2.52. The number of rotatable bonds is 5. The van der Waals surface area contributed by atoms with Crippen LogP contribution in [0.2, 0.25) is 0 Å². The maximum Gasteiger partial charge on any atom is 0.279 e. The van der Waals surface area contributed by atoms with Gasteiger partial charge >= 0.3 is 0 Å². The Morgan fingerprint density at radius 1 is 1.23 bits per heavy atom. The number of aromatic nitrogens is 1. The summed E-state index contributed by atoms with van der Waals surface area (Å²) in [6, 6.07) is 3.14. The van der Waals surface area contributed by atoms with Crippen molar-refractivity contribution in [3.05, 3.63) is 30.1 Å². The maximum atomic E-state index is 12.1. The van der Waals surface area contributed by atoms with Gasteiger partial charge in [-0.05, 0) is 37.8 Å². The van der Waals surface area contributed by atoms with Crippen LogP contribution in [0.25, 0.3) is 0 Å². The maximum absolute atomic E-state index is 12.1. The summed E-state index contributed by atoms with van der Waals surface area (Å²) >= 11 is 0. The molecule has 1 amide bonds. The zero-order chi connectivity index (χ0) is 16.2. The second-order valence-corrected chi connectivity index (χ2v) is 7.59. The van der Waals surface area contributed by atoms with Crippen LogP contribution < -0.4 is 10.0 Å². The third kappa shape index (κ3) is 4.49. The molecular formula is C14H22N4O3S. The highest BCUT2D eigenvalue weighted by Crippen LogP contribution is 2.20. The lowest BCUT2D eigenvalue weighted by Gasteiger charge is -2.30. The minimum absolute atomic E-state index is 0.0238. The van der Waals surface area contributed by atoms with Gasteiger partial charge in [0.25, 0.3) is 16.1 Å². The van der Waals surface area contributed by atoms with Crippen LogP contribution >= 0.6 is 0 Å². The smallest absolute Gasteiger partial charge is 0.279 e. The Balaban J connectivity index is 1.92. The van der Waals surface area contributed by atoms with Crippen LogP contribution in [-0.4, -0.2) is 49.8 Å². The van der Waals surface area contributed by atoms with E-state index in [4.69, 9.17) is 0 Å². The van der Waals surface area contributed by atoms with Crippen molar-refractivity contribution in [2.75, 3.05) is 14.1 Å². The van der Waals surface area contributed by atoms with Crippen LogP contribution in [-0.2, 0) is 10.2 Å². The highest BCUT2D eigenvalue weighted by atomic mass is 32.2. The summed E-state index contributed by atoms with van der Waals surface area (Å²) in [6.07, 6.45) is 6.27. The molecular weight excluding hydrogens is 304 g/mol. The predicted molar refractivity (Wildman–Crippen MR) is 83.5 cm³/mol. The third-order valence-electron chi connectivity index (χ3n) is 3.75. The van der Waals surface area contributed by atoms with Crippen LogP contribution in [0, 0.1) is 0 Å². The largest absolute Gasteiger partial charge is 0.349 e. The van der Waals surface area contributed by atoms with E-state index in [1.807, 2.05) is 0 Å². The molecule has 122 valence electrons. The normalized spacial score (nSPS) is 22.5. The molecule has 2 rings (SSSR count). The molecule has 0 bridgehead atoms. The highest BCUT2D eigenvalue weighted by molar-refractivity contribution is 7.87. The molecule has 1 aromatic rings. The predicted octanol–water partition coefficient (Wildman–Crippen LogP) is 0.519. The molecule has 1 saturated carbocycles. The molecule has 0 aliphatic heterocycles. The first-order chi connectivity index (χ1) is 10.4. The van der Waals surface area contributed by atoms with Gasteiger partial charge in [-0.1, -0.05) is 0 Å². The van der Waals surface area contributed by atoms with Gasteiger partial charge < -0.3 is 5.32 Å². The number of hydrogen-bond acceptors (Lipinski definition) is 4. The van der Waals surface area contributed by atoms with E-state index in [1.54, 1.807) is 24.5 Å². The van der Waals surface area contributed by atoms with E-state index in [2.05, 4.69) is 15.0 Å². The SMILES string of the molecule is CN(C)S(=O)(=O)N[C@H]1CCC[C@@H](NC(=O)c2ccncc2)C1. The van der Waals surface area contributed by atoms with Gasteiger partial charge in [0.15, 0.2) is 0 Å². The van der Waals surface area contributed by atoms with Crippen molar-refractivity contribution in [3.63, 3.8) is 0 Å². The molecule has 2 atom stereocenters. The topological polar surface area (TPSA) is 91.4 Å². The quantitative estimate of drug-likeness (QED) is 0.825. The van der Waals surface area contributed by atoms with E-state index >= 15 is 0 Å². The summed E-state index contributed by atoms with van der Waals surface area (Å²) in [7, 11) is -0.452. The molecule has 1 aromatic heterocycles. The van der Waals surface area contributed by atoms with Crippen LogP contribution in [0.1, 0.15) is 36.0 Å². The van der Waals surface area contributed by atoms with Crippen LogP contribution in [0.15, 0.2) is 24.5 Å². The molecule has 8 heteroatoms. The van der Waals surface area contributed by atoms with Crippen molar-refractivity contribution in [1.29, 1.82) is 0 Å². The van der Waals surface area contributed by atoms with Gasteiger partial charge in [0.2, 0.25) is 0 Å². The Bertz CT molecular complexity index is 604. The van der Waals surface area contributed by atoms with Crippen molar-refractivity contribution in [1.82, 2.24) is 19.3 Å². The fraction of sp³-hybridized carbons (Fsp3) is 0.571. The average Bonchev–Trinajstić information content (AvgIpc) is 2.48. The van der Waals surface area contributed by atoms with Crippen LogP contribution in [0.3, 0.4) is 0 Å². The van der Waals surface area contributed by atoms with Crippen molar-refractivity contribution < 1.29 is 13.2 Å². The molecule has 2 N–H and O–H groups in total. The Labute approximate surface area is 131 Å². The number of pyridine rings is 1. The van der Waals surface area contributed by atoms with E-state index < -0.39 is 10.2 Å². The number of nitrogens with one attached hydrogen (secondary N) is 2. The first kappa shape index (κ1) is 16.9. The van der Waals surface area contributed by atoms with E-state index in [1.165, 1.54) is 14.1 Å². The third-order valence-corrected chi connectivity index (χ3v) is 5.34. The van der Waals surface area contributed by atoms with E-state index in [0.717, 1.165) is 23.6 Å². The average molecular weight is 326 g/mol. The standard InChI is InChI=1S/C14H22N4O3S/c1-18(2)22(20,21)17-13-5-3-4-12(10-13)16-14(19)11-6-8-15-9-7-11/h6-9,12-13,17H,3-5,10H2,1-2H3,(H,16,19)/t12-,13+/m1/s1. The summed E-state index contributed by atoms with van der Waals surface area (Å²) in [4.78, 5) is 16.0. The molecule has 0 unspecified atom stereocenters. The zero-order valence-electron chi connectivity index (χ0n) is 12.8. The van der Waals surface area contributed by atoms with Crippen molar-refractivity contribution in [3.8, 4) is 0 Å². The van der Waals surface area contributed by atoms with Gasteiger partial charge in [-0.15, -0.1) is 0 Å². The number of carbonyl (C=O) groups excluding carboxylic acids is 1. The van der Waals surface area contributed by atoms with Crippen molar-refractivity contribution in [2.45, 2.75) is 37.8 Å². The van der Waals surface area contributed by atoms with Gasteiger partial charge in [0.1, 0.15) is 0 Å². The lowest BCUT2D eigenvalue weighted by Crippen LogP contribution is -2.48. The summed E-state index contributed by atoms with van der Waals surface area (Å²) < 4.78 is 27.6. The molecule has 22 heavy (non-hydrogen) atoms. The molecule has 0 radical (unpaired) electrons. The molecule has 1 fully saturated rings. The minimum Gasteiger partial charge on any atom is -0.349 e. The zero-order valence-corrected chi connectivity index (χ0v) is 13.6. The summed E-state index contributed by atoms with van der Waals surface area (Å²) in [6.45, 7) is 0. The van der Waals surface area contributed by atoms with Crippen molar-refractivity contribution >= 4 is 16.1 Å². The Morgan fingerprint density at radius 2 is 1.86 bits per heavy atom. The number of hydrogen-bond donors (Lipinski definition) is 2. The van der Waals surface area contributed by atoms with Gasteiger partial charge in [-0.3, -0.25) is 9.78 Å². The van der Waals surface area contributed by atoms with Crippen molar-refractivity contribution in [2.24, 2.45) is 0 Å². The number of amides is 1. The lowest BCUT2D eigenvalue weighted by molar-refractivity contribution is 0.0924. The number of carbonyl (C=O) groups is 1. The Kier molecular flexibility index (Phi) is 5.49. The monoisotopic (exact) mass is 326 g/mol. The Morgan fingerprint density at radius 3 is 2.50 bits per heavy atom. The fourth-order valence-corrected chi connectivity index (χ4v) is 3.36. The van der Waals surface area contributed by atoms with Gasteiger partial charge in [0, 0.05) is 44.1 Å². The highest BCUT2D eigenvalue weighted by Gasteiger charge is 2.27. The van der Waals surface area contributed by atoms with E-state index in [-0.39, 0.29) is 18.0 Å². The first-order valence-electron chi connectivity index (χ1n) is 7.29. The van der Waals surface area contributed by atoms with Crippen LogP contribution in [0.5, 0.6) is 0 Å². The molecule has 1 aliphatic rings. The van der Waals surface area contributed by atoms with E-state index in [0.29, 0.717) is 12.0 Å². The summed E-state index contributed by atoms with van der Waals surface area (Å²) in [5.74, 6) is -0.150. The second kappa shape index (κ2) is 7.17. The molecule has 0 spiro atoms.